The number of oxime groups is 1. The van der Waals surface area contributed by atoms with Gasteiger partial charge in [0.05, 0.1) is 11.0 Å². The van der Waals surface area contributed by atoms with Crippen LogP contribution in [0.1, 0.15) is 46.0 Å². The van der Waals surface area contributed by atoms with Crippen LogP contribution in [0.4, 0.5) is 0 Å². The molecule has 26 heavy (non-hydrogen) atoms. The van der Waals surface area contributed by atoms with E-state index in [0.29, 0.717) is 17.2 Å². The number of imidazole rings is 1. The highest BCUT2D eigenvalue weighted by Gasteiger charge is 2.19. The summed E-state index contributed by atoms with van der Waals surface area (Å²) in [7, 11) is 1.46. The fourth-order valence-corrected chi connectivity index (χ4v) is 2.12. The van der Waals surface area contributed by atoms with E-state index >= 15 is 0 Å². The summed E-state index contributed by atoms with van der Waals surface area (Å²) in [5.41, 5.74) is 0.252. The third-order valence-corrected chi connectivity index (χ3v) is 3.75. The molecule has 1 N–H and O–H groups in total. The van der Waals surface area contributed by atoms with Gasteiger partial charge in [0, 0.05) is 25.2 Å². The number of nitrogens with zero attached hydrogens (tertiary/aromatic N) is 4. The van der Waals surface area contributed by atoms with E-state index in [1.807, 2.05) is 20.1 Å². The van der Waals surface area contributed by atoms with Crippen LogP contribution in [0.5, 0.6) is 0 Å². The van der Waals surface area contributed by atoms with Crippen molar-refractivity contribution in [1.82, 2.24) is 9.55 Å². The lowest BCUT2D eigenvalue weighted by atomic mass is 9.89. The minimum absolute atomic E-state index is 0.351. The molecule has 0 saturated carbocycles. The molecule has 1 rings (SSSR count). The lowest BCUT2D eigenvalue weighted by Gasteiger charge is -2.16. The maximum atomic E-state index is 9.94. The van der Waals surface area contributed by atoms with E-state index in [0.717, 1.165) is 13.0 Å². The van der Waals surface area contributed by atoms with Gasteiger partial charge in [0.1, 0.15) is 19.0 Å². The molecule has 140 valence electrons. The number of hydrogen-bond acceptors (Lipinski definition) is 5. The molecule has 1 unspecified atom stereocenters. The van der Waals surface area contributed by atoms with Gasteiger partial charge in [0.15, 0.2) is 5.84 Å². The van der Waals surface area contributed by atoms with Gasteiger partial charge >= 0.3 is 0 Å². The van der Waals surface area contributed by atoms with Crippen LogP contribution in [-0.4, -0.2) is 40.4 Å². The Balaban J connectivity index is 3.43. The number of rotatable bonds is 7. The Labute approximate surface area is 156 Å². The van der Waals surface area contributed by atoms with E-state index in [2.05, 4.69) is 40.5 Å². The van der Waals surface area contributed by atoms with Crippen molar-refractivity contribution in [3.63, 3.8) is 0 Å². The summed E-state index contributed by atoms with van der Waals surface area (Å²) in [6.07, 6.45) is 8.64. The van der Waals surface area contributed by atoms with Crippen LogP contribution in [0.3, 0.4) is 0 Å². The number of hydrogen-bond donors (Lipinski definition) is 1. The van der Waals surface area contributed by atoms with Crippen molar-refractivity contribution < 1.29 is 9.94 Å². The SMILES string of the molecule is C=C/C=C(C#CC(C)(C=NCC)CC)\C(=N/OC)n1ccnc1[C@H](C)O. The first-order valence-electron chi connectivity index (χ1n) is 8.62. The molecule has 0 aliphatic rings. The highest BCUT2D eigenvalue weighted by atomic mass is 16.6. The fourth-order valence-electron chi connectivity index (χ4n) is 2.12. The molecule has 0 aromatic carbocycles. The normalized spacial score (nSPS) is 15.9. The highest BCUT2D eigenvalue weighted by molar-refractivity contribution is 6.04. The van der Waals surface area contributed by atoms with Gasteiger partial charge in [-0.15, -0.1) is 0 Å². The average molecular weight is 356 g/mol. The van der Waals surface area contributed by atoms with Crippen molar-refractivity contribution in [2.75, 3.05) is 13.7 Å². The van der Waals surface area contributed by atoms with Crippen molar-refractivity contribution >= 4 is 12.1 Å². The Bertz CT molecular complexity index is 747. The number of aliphatic imine (C=N–C) groups is 1. The molecule has 2 atom stereocenters. The molecule has 0 amide bonds. The minimum Gasteiger partial charge on any atom is -0.397 e. The maximum absolute atomic E-state index is 9.94. The molecule has 6 heteroatoms. The molecular weight excluding hydrogens is 328 g/mol. The smallest absolute Gasteiger partial charge is 0.193 e. The van der Waals surface area contributed by atoms with Crippen LogP contribution in [-0.2, 0) is 4.84 Å². The van der Waals surface area contributed by atoms with Crippen molar-refractivity contribution in [1.29, 1.82) is 0 Å². The Kier molecular flexibility index (Phi) is 8.53. The second-order valence-corrected chi connectivity index (χ2v) is 5.89. The maximum Gasteiger partial charge on any atom is 0.193 e. The quantitative estimate of drug-likeness (QED) is 0.268. The lowest BCUT2D eigenvalue weighted by Crippen LogP contribution is -2.19. The van der Waals surface area contributed by atoms with Crippen LogP contribution in [0.15, 0.2) is 46.8 Å². The van der Waals surface area contributed by atoms with Gasteiger partial charge in [-0.25, -0.2) is 4.98 Å². The topological polar surface area (TPSA) is 72.0 Å². The lowest BCUT2D eigenvalue weighted by molar-refractivity contribution is 0.186. The Morgan fingerprint density at radius 2 is 2.27 bits per heavy atom. The fraction of sp³-hybridized carbons (Fsp3) is 0.450. The molecule has 0 spiro atoms. The largest absolute Gasteiger partial charge is 0.397 e. The van der Waals surface area contributed by atoms with Gasteiger partial charge in [0.2, 0.25) is 0 Å². The van der Waals surface area contributed by atoms with Crippen molar-refractivity contribution in [3.05, 3.63) is 42.5 Å². The van der Waals surface area contributed by atoms with E-state index in [1.165, 1.54) is 7.11 Å². The van der Waals surface area contributed by atoms with Gasteiger partial charge in [-0.3, -0.25) is 9.56 Å². The molecular formula is C20H28N4O2. The van der Waals surface area contributed by atoms with Crippen LogP contribution in [0, 0.1) is 17.3 Å². The highest BCUT2D eigenvalue weighted by Crippen LogP contribution is 2.18. The second-order valence-electron chi connectivity index (χ2n) is 5.89. The Hall–Kier alpha value is -2.65. The van der Waals surface area contributed by atoms with Crippen LogP contribution in [0.25, 0.3) is 0 Å². The van der Waals surface area contributed by atoms with E-state index < -0.39 is 6.10 Å². The summed E-state index contributed by atoms with van der Waals surface area (Å²) >= 11 is 0. The van der Waals surface area contributed by atoms with E-state index in [1.54, 1.807) is 36.0 Å². The van der Waals surface area contributed by atoms with Crippen molar-refractivity contribution in [2.24, 2.45) is 15.6 Å². The zero-order chi connectivity index (χ0) is 19.6. The van der Waals surface area contributed by atoms with E-state index in [9.17, 15) is 5.11 Å². The first-order valence-corrected chi connectivity index (χ1v) is 8.62. The molecule has 0 aliphatic carbocycles. The van der Waals surface area contributed by atoms with E-state index in [-0.39, 0.29) is 5.41 Å². The predicted molar refractivity (Wildman–Crippen MR) is 106 cm³/mol. The van der Waals surface area contributed by atoms with Crippen molar-refractivity contribution in [2.45, 2.75) is 40.2 Å². The molecule has 1 aromatic rings. The summed E-state index contributed by atoms with van der Waals surface area (Å²) in [5.74, 6) is 7.31. The molecule has 0 radical (unpaired) electrons. The Morgan fingerprint density at radius 1 is 1.54 bits per heavy atom. The zero-order valence-electron chi connectivity index (χ0n) is 16.2. The van der Waals surface area contributed by atoms with Gasteiger partial charge < -0.3 is 9.94 Å². The summed E-state index contributed by atoms with van der Waals surface area (Å²) < 4.78 is 1.65. The number of allylic oxidation sites excluding steroid dienone is 3. The van der Waals surface area contributed by atoms with Crippen LogP contribution < -0.4 is 0 Å². The minimum atomic E-state index is -0.761. The van der Waals surface area contributed by atoms with Gasteiger partial charge in [0.25, 0.3) is 0 Å². The molecule has 0 saturated heterocycles. The summed E-state index contributed by atoms with van der Waals surface area (Å²) in [5, 5.41) is 14.0. The number of aromatic nitrogens is 2. The molecule has 0 fully saturated rings. The molecule has 1 aromatic heterocycles. The molecule has 1 heterocycles. The summed E-state index contributed by atoms with van der Waals surface area (Å²) in [6.45, 7) is 12.2. The molecule has 0 aliphatic heterocycles. The monoisotopic (exact) mass is 356 g/mol. The second kappa shape index (κ2) is 10.4. The van der Waals surface area contributed by atoms with Gasteiger partial charge in [-0.1, -0.05) is 36.6 Å². The third-order valence-electron chi connectivity index (χ3n) is 3.75. The van der Waals surface area contributed by atoms with Crippen LogP contribution in [0.2, 0.25) is 0 Å². The molecule has 0 bridgehead atoms. The first kappa shape index (κ1) is 21.4. The van der Waals surface area contributed by atoms with Crippen LogP contribution >= 0.6 is 0 Å². The molecule has 6 nitrogen and oxygen atoms in total. The third kappa shape index (κ3) is 5.71. The summed E-state index contributed by atoms with van der Waals surface area (Å²) in [6, 6.07) is 0. The Morgan fingerprint density at radius 3 is 2.81 bits per heavy atom. The van der Waals surface area contributed by atoms with Gasteiger partial charge in [-0.05, 0) is 33.3 Å². The van der Waals surface area contributed by atoms with Crippen molar-refractivity contribution in [3.8, 4) is 11.8 Å². The predicted octanol–water partition coefficient (Wildman–Crippen LogP) is 3.37. The zero-order valence-corrected chi connectivity index (χ0v) is 16.2. The standard InChI is InChI=1S/C20H28N4O2/c1-7-10-17(11-12-20(5,8-2)15-21-9-3)19(23-26-6)24-14-13-22-18(24)16(4)25/h7,10,13-16,25H,1,8-9H2,2-6H3/b17-10-,21-15?,23-19+/t16-,20?/m0/s1. The van der Waals surface area contributed by atoms with Gasteiger partial charge in [-0.2, -0.15) is 0 Å². The van der Waals surface area contributed by atoms with E-state index in [4.69, 9.17) is 4.84 Å². The number of aliphatic hydroxyl groups excluding tert-OH is 1. The summed E-state index contributed by atoms with van der Waals surface area (Å²) in [4.78, 5) is 13.5. The number of aliphatic hydroxyl groups is 1. The first-order chi connectivity index (χ1) is 12.4. The average Bonchev–Trinajstić information content (AvgIpc) is 3.11.